The molecule has 0 amide bonds. The lowest BCUT2D eigenvalue weighted by atomic mass is 10.1. The van der Waals surface area contributed by atoms with E-state index >= 15 is 0 Å². The van der Waals surface area contributed by atoms with Crippen LogP contribution in [-0.4, -0.2) is 12.5 Å². The Morgan fingerprint density at radius 3 is 2.67 bits per heavy atom. The van der Waals surface area contributed by atoms with Crippen molar-refractivity contribution in [1.82, 2.24) is 0 Å². The Labute approximate surface area is 68.5 Å². The third-order valence-corrected chi connectivity index (χ3v) is 1.48. The fraction of sp³-hybridized carbons (Fsp3) is 0.500. The van der Waals surface area contributed by atoms with Gasteiger partial charge in [-0.2, -0.15) is 0 Å². The van der Waals surface area contributed by atoms with Crippen molar-refractivity contribution < 1.29 is 17.9 Å². The average Bonchev–Trinajstić information content (AvgIpc) is 1.82. The minimum absolute atomic E-state index is 0.289. The Balaban J connectivity index is 2.51. The SMILES string of the molecule is CC1=CC(OC(F)(F)F)CC=C1. The number of allylic oxidation sites excluding steroid dienone is 2. The summed E-state index contributed by atoms with van der Waals surface area (Å²) in [5.74, 6) is 0. The number of ether oxygens (including phenoxy) is 1. The van der Waals surface area contributed by atoms with E-state index in [1.54, 1.807) is 19.1 Å². The standard InChI is InChI=1S/C8H9F3O/c1-6-3-2-4-7(5-6)12-8(9,10)11/h2-3,5,7H,4H2,1H3. The third-order valence-electron chi connectivity index (χ3n) is 1.48. The van der Waals surface area contributed by atoms with Crippen LogP contribution in [-0.2, 0) is 4.74 Å². The van der Waals surface area contributed by atoms with Crippen molar-refractivity contribution in [2.75, 3.05) is 0 Å². The molecule has 0 aromatic carbocycles. The van der Waals surface area contributed by atoms with Crippen LogP contribution in [0.4, 0.5) is 13.2 Å². The molecule has 0 spiro atoms. The highest BCUT2D eigenvalue weighted by Gasteiger charge is 2.32. The summed E-state index contributed by atoms with van der Waals surface area (Å²) in [7, 11) is 0. The molecule has 4 heteroatoms. The smallest absolute Gasteiger partial charge is 0.284 e. The van der Waals surface area contributed by atoms with Gasteiger partial charge in [0.15, 0.2) is 0 Å². The van der Waals surface area contributed by atoms with E-state index in [4.69, 9.17) is 0 Å². The van der Waals surface area contributed by atoms with Crippen LogP contribution in [0.25, 0.3) is 0 Å². The van der Waals surface area contributed by atoms with E-state index in [1.807, 2.05) is 0 Å². The Morgan fingerprint density at radius 2 is 2.17 bits per heavy atom. The average molecular weight is 178 g/mol. The van der Waals surface area contributed by atoms with Crippen molar-refractivity contribution in [3.05, 3.63) is 23.8 Å². The van der Waals surface area contributed by atoms with Crippen molar-refractivity contribution in [1.29, 1.82) is 0 Å². The lowest BCUT2D eigenvalue weighted by molar-refractivity contribution is -0.336. The molecule has 0 heterocycles. The van der Waals surface area contributed by atoms with E-state index in [0.29, 0.717) is 0 Å². The first-order valence-electron chi connectivity index (χ1n) is 3.57. The molecule has 1 rings (SSSR count). The first-order chi connectivity index (χ1) is 5.47. The maximum Gasteiger partial charge on any atom is 0.523 e. The van der Waals surface area contributed by atoms with Gasteiger partial charge in [0, 0.05) is 0 Å². The molecular weight excluding hydrogens is 169 g/mol. The number of halogens is 3. The van der Waals surface area contributed by atoms with Crippen LogP contribution in [0, 0.1) is 0 Å². The first-order valence-corrected chi connectivity index (χ1v) is 3.57. The molecule has 1 aliphatic carbocycles. The van der Waals surface area contributed by atoms with Crippen LogP contribution in [0.15, 0.2) is 23.8 Å². The van der Waals surface area contributed by atoms with Crippen LogP contribution in [0.1, 0.15) is 13.3 Å². The minimum atomic E-state index is -4.54. The van der Waals surface area contributed by atoms with Crippen LogP contribution < -0.4 is 0 Å². The molecule has 0 fully saturated rings. The predicted octanol–water partition coefficient (Wildman–Crippen LogP) is 2.80. The van der Waals surface area contributed by atoms with Gasteiger partial charge in [0.1, 0.15) is 0 Å². The minimum Gasteiger partial charge on any atom is -0.284 e. The molecule has 0 saturated heterocycles. The number of rotatable bonds is 1. The van der Waals surface area contributed by atoms with E-state index in [-0.39, 0.29) is 6.42 Å². The molecule has 0 N–H and O–H groups in total. The summed E-state index contributed by atoms with van der Waals surface area (Å²) in [6.07, 6.45) is -0.186. The highest BCUT2D eigenvalue weighted by Crippen LogP contribution is 2.23. The second-order valence-corrected chi connectivity index (χ2v) is 2.65. The van der Waals surface area contributed by atoms with Crippen LogP contribution in [0.5, 0.6) is 0 Å². The van der Waals surface area contributed by atoms with Crippen LogP contribution >= 0.6 is 0 Å². The summed E-state index contributed by atoms with van der Waals surface area (Å²) in [6, 6.07) is 0. The second-order valence-electron chi connectivity index (χ2n) is 2.65. The largest absolute Gasteiger partial charge is 0.523 e. The summed E-state index contributed by atoms with van der Waals surface area (Å²) >= 11 is 0. The van der Waals surface area contributed by atoms with E-state index < -0.39 is 12.5 Å². The van der Waals surface area contributed by atoms with Gasteiger partial charge in [-0.1, -0.05) is 23.8 Å². The van der Waals surface area contributed by atoms with Gasteiger partial charge in [0.2, 0.25) is 0 Å². The Morgan fingerprint density at radius 1 is 1.50 bits per heavy atom. The third kappa shape index (κ3) is 3.09. The number of alkyl halides is 3. The van der Waals surface area contributed by atoms with Gasteiger partial charge < -0.3 is 0 Å². The first kappa shape index (κ1) is 9.32. The topological polar surface area (TPSA) is 9.23 Å². The monoisotopic (exact) mass is 178 g/mol. The Hall–Kier alpha value is -0.770. The highest BCUT2D eigenvalue weighted by atomic mass is 19.4. The molecule has 1 aliphatic rings. The zero-order chi connectivity index (χ0) is 9.19. The van der Waals surface area contributed by atoms with Gasteiger partial charge in [-0.3, -0.25) is 4.74 Å². The van der Waals surface area contributed by atoms with Crippen molar-refractivity contribution in [3.8, 4) is 0 Å². The second kappa shape index (κ2) is 3.31. The molecule has 68 valence electrons. The lowest BCUT2D eigenvalue weighted by Gasteiger charge is -2.17. The maximum atomic E-state index is 11.7. The predicted molar refractivity (Wildman–Crippen MR) is 38.4 cm³/mol. The van der Waals surface area contributed by atoms with Gasteiger partial charge in [-0.05, 0) is 13.3 Å². The molecule has 1 nitrogen and oxygen atoms in total. The fourth-order valence-corrected chi connectivity index (χ4v) is 1.06. The molecule has 12 heavy (non-hydrogen) atoms. The van der Waals surface area contributed by atoms with Crippen molar-refractivity contribution in [3.63, 3.8) is 0 Å². The molecule has 1 unspecified atom stereocenters. The Kier molecular flexibility index (Phi) is 2.57. The molecule has 0 bridgehead atoms. The molecule has 0 aromatic rings. The maximum absolute atomic E-state index is 11.7. The van der Waals surface area contributed by atoms with E-state index in [9.17, 15) is 13.2 Å². The molecule has 0 aromatic heterocycles. The highest BCUT2D eigenvalue weighted by molar-refractivity contribution is 5.22. The van der Waals surface area contributed by atoms with Gasteiger partial charge in [0.05, 0.1) is 6.10 Å². The summed E-state index contributed by atoms with van der Waals surface area (Å²) in [4.78, 5) is 0. The van der Waals surface area contributed by atoms with Crippen molar-refractivity contribution in [2.24, 2.45) is 0 Å². The number of hydrogen-bond acceptors (Lipinski definition) is 1. The molecule has 0 radical (unpaired) electrons. The molecule has 0 saturated carbocycles. The molecule has 0 aliphatic heterocycles. The van der Waals surface area contributed by atoms with Crippen molar-refractivity contribution in [2.45, 2.75) is 25.8 Å². The van der Waals surface area contributed by atoms with E-state index in [1.165, 1.54) is 6.08 Å². The van der Waals surface area contributed by atoms with Gasteiger partial charge >= 0.3 is 6.36 Å². The van der Waals surface area contributed by atoms with E-state index in [0.717, 1.165) is 5.57 Å². The lowest BCUT2D eigenvalue weighted by Crippen LogP contribution is -2.22. The molecular formula is C8H9F3O. The van der Waals surface area contributed by atoms with Crippen molar-refractivity contribution >= 4 is 0 Å². The van der Waals surface area contributed by atoms with Gasteiger partial charge in [-0.25, -0.2) is 0 Å². The zero-order valence-corrected chi connectivity index (χ0v) is 6.56. The summed E-state index contributed by atoms with van der Waals surface area (Å²) in [5, 5.41) is 0. The Bertz CT molecular complexity index is 215. The summed E-state index contributed by atoms with van der Waals surface area (Å²) < 4.78 is 38.9. The summed E-state index contributed by atoms with van der Waals surface area (Å²) in [5.41, 5.74) is 0.801. The van der Waals surface area contributed by atoms with Crippen LogP contribution in [0.3, 0.4) is 0 Å². The quantitative estimate of drug-likeness (QED) is 0.599. The number of hydrogen-bond donors (Lipinski definition) is 0. The van der Waals surface area contributed by atoms with Gasteiger partial charge in [0.25, 0.3) is 0 Å². The van der Waals surface area contributed by atoms with Crippen LogP contribution in [0.2, 0.25) is 0 Å². The van der Waals surface area contributed by atoms with E-state index in [2.05, 4.69) is 4.74 Å². The normalized spacial score (nSPS) is 24.0. The summed E-state index contributed by atoms with van der Waals surface area (Å²) in [6.45, 7) is 1.74. The van der Waals surface area contributed by atoms with Gasteiger partial charge in [-0.15, -0.1) is 13.2 Å². The zero-order valence-electron chi connectivity index (χ0n) is 6.56. The fourth-order valence-electron chi connectivity index (χ4n) is 1.06. The molecule has 1 atom stereocenters.